The van der Waals surface area contributed by atoms with Crippen LogP contribution in [0.25, 0.3) is 0 Å². The molecule has 8 heteroatoms. The molecule has 3 rings (SSSR count). The van der Waals surface area contributed by atoms with Crippen molar-refractivity contribution in [2.75, 3.05) is 19.6 Å². The fourth-order valence-electron chi connectivity index (χ4n) is 2.98. The van der Waals surface area contributed by atoms with Gasteiger partial charge in [-0.25, -0.2) is 4.68 Å². The Balaban J connectivity index is 1.31. The summed E-state index contributed by atoms with van der Waals surface area (Å²) in [5.74, 6) is 2.60. The Hall–Kier alpha value is -2.22. The van der Waals surface area contributed by atoms with Crippen LogP contribution in [0.2, 0.25) is 0 Å². The number of piperidine rings is 1. The van der Waals surface area contributed by atoms with Crippen molar-refractivity contribution in [2.24, 2.45) is 5.92 Å². The van der Waals surface area contributed by atoms with Gasteiger partial charge in [-0.15, -0.1) is 5.10 Å². The van der Waals surface area contributed by atoms with E-state index < -0.39 is 0 Å². The minimum Gasteiger partial charge on any atom is -0.465 e. The second-order valence-electron chi connectivity index (χ2n) is 6.36. The third-order valence-electron chi connectivity index (χ3n) is 4.43. The van der Waals surface area contributed by atoms with E-state index in [9.17, 15) is 4.79 Å². The van der Waals surface area contributed by atoms with Gasteiger partial charge in [0.2, 0.25) is 5.91 Å². The fourth-order valence-corrected chi connectivity index (χ4v) is 2.98. The van der Waals surface area contributed by atoms with Gasteiger partial charge in [0.25, 0.3) is 0 Å². The number of likely N-dealkylation sites (tertiary alicyclic amines) is 1. The summed E-state index contributed by atoms with van der Waals surface area (Å²) < 4.78 is 7.20. The van der Waals surface area contributed by atoms with E-state index in [1.54, 1.807) is 4.68 Å². The maximum Gasteiger partial charge on any atom is 0.221 e. The number of nitrogens with zero attached hydrogens (tertiary/aromatic N) is 5. The van der Waals surface area contributed by atoms with Crippen LogP contribution in [0.4, 0.5) is 0 Å². The maximum absolute atomic E-state index is 11.9. The van der Waals surface area contributed by atoms with Crippen molar-refractivity contribution in [1.29, 1.82) is 0 Å². The molecule has 1 aliphatic rings. The molecular weight excluding hydrogens is 308 g/mol. The maximum atomic E-state index is 11.9. The zero-order valence-electron chi connectivity index (χ0n) is 14.0. The summed E-state index contributed by atoms with van der Waals surface area (Å²) in [6.07, 6.45) is 4.13. The Kier molecular flexibility index (Phi) is 5.58. The highest BCUT2D eigenvalue weighted by Gasteiger charge is 2.20. The lowest BCUT2D eigenvalue weighted by molar-refractivity contribution is -0.121. The molecule has 1 saturated heterocycles. The van der Waals surface area contributed by atoms with Gasteiger partial charge < -0.3 is 9.73 Å². The average molecular weight is 332 g/mol. The molecule has 0 atom stereocenters. The highest BCUT2D eigenvalue weighted by Crippen LogP contribution is 2.19. The van der Waals surface area contributed by atoms with Crippen LogP contribution in [0.15, 0.2) is 22.9 Å². The van der Waals surface area contributed by atoms with E-state index in [0.29, 0.717) is 18.9 Å². The van der Waals surface area contributed by atoms with E-state index in [4.69, 9.17) is 4.42 Å². The average Bonchev–Trinajstić information content (AvgIpc) is 3.24. The second kappa shape index (κ2) is 8.05. The lowest BCUT2D eigenvalue weighted by atomic mass is 9.96. The van der Waals surface area contributed by atoms with Crippen LogP contribution in [-0.4, -0.2) is 50.6 Å². The van der Waals surface area contributed by atoms with Gasteiger partial charge in [-0.1, -0.05) is 0 Å². The number of tetrazole rings is 1. The van der Waals surface area contributed by atoms with E-state index in [-0.39, 0.29) is 5.91 Å². The first kappa shape index (κ1) is 16.6. The highest BCUT2D eigenvalue weighted by atomic mass is 16.3. The minimum atomic E-state index is 0.0546. The van der Waals surface area contributed by atoms with Gasteiger partial charge in [-0.3, -0.25) is 9.69 Å². The third-order valence-corrected chi connectivity index (χ3v) is 4.43. The Morgan fingerprint density at radius 1 is 1.38 bits per heavy atom. The van der Waals surface area contributed by atoms with E-state index >= 15 is 0 Å². The topological polar surface area (TPSA) is 89.1 Å². The second-order valence-corrected chi connectivity index (χ2v) is 6.36. The van der Waals surface area contributed by atoms with Crippen LogP contribution in [-0.2, 0) is 17.9 Å². The first-order chi connectivity index (χ1) is 11.7. The molecule has 0 radical (unpaired) electrons. The molecule has 0 unspecified atom stereocenters. The van der Waals surface area contributed by atoms with Crippen molar-refractivity contribution in [3.63, 3.8) is 0 Å². The fraction of sp³-hybridized carbons (Fsp3) is 0.625. The molecule has 0 bridgehead atoms. The number of hydrogen-bond acceptors (Lipinski definition) is 6. The van der Waals surface area contributed by atoms with E-state index in [0.717, 1.165) is 50.5 Å². The van der Waals surface area contributed by atoms with E-state index in [2.05, 4.69) is 25.7 Å². The lowest BCUT2D eigenvalue weighted by Gasteiger charge is -2.31. The van der Waals surface area contributed by atoms with Crippen molar-refractivity contribution in [3.8, 4) is 0 Å². The van der Waals surface area contributed by atoms with Gasteiger partial charge in [0.05, 0.1) is 13.1 Å². The number of furan rings is 1. The van der Waals surface area contributed by atoms with E-state index in [1.807, 2.05) is 19.1 Å². The summed E-state index contributed by atoms with van der Waals surface area (Å²) in [7, 11) is 0. The smallest absolute Gasteiger partial charge is 0.221 e. The predicted molar refractivity (Wildman–Crippen MR) is 86.9 cm³/mol. The van der Waals surface area contributed by atoms with Crippen molar-refractivity contribution < 1.29 is 9.21 Å². The van der Waals surface area contributed by atoms with Gasteiger partial charge in [-0.05, 0) is 61.3 Å². The van der Waals surface area contributed by atoms with Gasteiger partial charge in [0.15, 0.2) is 0 Å². The molecular formula is C16H24N6O2. The Morgan fingerprint density at radius 2 is 2.21 bits per heavy atom. The van der Waals surface area contributed by atoms with Crippen LogP contribution in [0, 0.1) is 12.8 Å². The molecule has 0 aliphatic carbocycles. The monoisotopic (exact) mass is 332 g/mol. The van der Waals surface area contributed by atoms with Crippen LogP contribution in [0.3, 0.4) is 0 Å². The van der Waals surface area contributed by atoms with Crippen molar-refractivity contribution in [3.05, 3.63) is 30.0 Å². The number of nitrogens with one attached hydrogen (secondary N) is 1. The Labute approximate surface area is 141 Å². The molecule has 2 aromatic rings. The Morgan fingerprint density at radius 3 is 2.88 bits per heavy atom. The zero-order valence-corrected chi connectivity index (χ0v) is 14.0. The first-order valence-corrected chi connectivity index (χ1v) is 8.44. The van der Waals surface area contributed by atoms with Crippen LogP contribution in [0.1, 0.15) is 30.8 Å². The summed E-state index contributed by atoms with van der Waals surface area (Å²) in [5.41, 5.74) is 0. The summed E-state index contributed by atoms with van der Waals surface area (Å²) in [6, 6.07) is 4.05. The van der Waals surface area contributed by atoms with Gasteiger partial charge >= 0.3 is 0 Å². The van der Waals surface area contributed by atoms with Gasteiger partial charge in [-0.2, -0.15) is 0 Å². The largest absolute Gasteiger partial charge is 0.465 e. The van der Waals surface area contributed by atoms with E-state index in [1.165, 1.54) is 6.33 Å². The summed E-state index contributed by atoms with van der Waals surface area (Å²) in [4.78, 5) is 14.3. The normalized spacial score (nSPS) is 16.4. The molecule has 24 heavy (non-hydrogen) atoms. The molecule has 1 aliphatic heterocycles. The molecule has 1 N–H and O–H groups in total. The van der Waals surface area contributed by atoms with Crippen molar-refractivity contribution in [1.82, 2.24) is 30.4 Å². The number of carbonyl (C=O) groups is 1. The summed E-state index contributed by atoms with van der Waals surface area (Å²) >= 11 is 0. The molecule has 0 saturated carbocycles. The van der Waals surface area contributed by atoms with Crippen LogP contribution < -0.4 is 5.32 Å². The number of carbonyl (C=O) groups excluding carboxylic acids is 1. The Bertz CT molecular complexity index is 631. The van der Waals surface area contributed by atoms with Crippen LogP contribution >= 0.6 is 0 Å². The van der Waals surface area contributed by atoms with Gasteiger partial charge in [0, 0.05) is 13.0 Å². The lowest BCUT2D eigenvalue weighted by Crippen LogP contribution is -2.38. The number of hydrogen-bond donors (Lipinski definition) is 1. The number of aryl methyl sites for hydroxylation is 2. The molecule has 2 aromatic heterocycles. The summed E-state index contributed by atoms with van der Waals surface area (Å²) in [5, 5.41) is 13.9. The van der Waals surface area contributed by atoms with Crippen LogP contribution in [0.5, 0.6) is 0 Å². The molecule has 0 aromatic carbocycles. The first-order valence-electron chi connectivity index (χ1n) is 8.44. The quantitative estimate of drug-likeness (QED) is 0.813. The van der Waals surface area contributed by atoms with Crippen molar-refractivity contribution >= 4 is 5.91 Å². The molecule has 8 nitrogen and oxygen atoms in total. The molecule has 1 amide bonds. The molecule has 3 heterocycles. The third kappa shape index (κ3) is 4.89. The standard InChI is InChI=1S/C16H24N6O2/c1-13-2-3-15(24-13)11-21-7-4-14(5-8-21)10-17-16(23)6-9-22-12-18-19-20-22/h2-3,12,14H,4-11H2,1H3,(H,17,23). The predicted octanol–water partition coefficient (Wildman–Crippen LogP) is 0.993. The number of rotatable bonds is 7. The molecule has 130 valence electrons. The van der Waals surface area contributed by atoms with Crippen molar-refractivity contribution in [2.45, 2.75) is 39.3 Å². The molecule has 0 spiro atoms. The summed E-state index contributed by atoms with van der Waals surface area (Å²) in [6.45, 7) is 6.20. The SMILES string of the molecule is Cc1ccc(CN2CCC(CNC(=O)CCn3cnnn3)CC2)o1. The molecule has 1 fully saturated rings. The number of aromatic nitrogens is 4. The minimum absolute atomic E-state index is 0.0546. The highest BCUT2D eigenvalue weighted by molar-refractivity contribution is 5.75. The number of amides is 1. The van der Waals surface area contributed by atoms with Gasteiger partial charge in [0.1, 0.15) is 17.8 Å². The zero-order chi connectivity index (χ0) is 16.8.